The average Bonchev–Trinajstić information content (AvgIpc) is 2.88. The molecule has 2 aromatic rings. The van der Waals surface area contributed by atoms with Crippen molar-refractivity contribution in [3.63, 3.8) is 0 Å². The van der Waals surface area contributed by atoms with Crippen molar-refractivity contribution in [2.45, 2.75) is 32.9 Å². The Morgan fingerprint density at radius 1 is 1.40 bits per heavy atom. The molecule has 0 amide bonds. The standard InChI is InChI=1S/C15H18N2O2S/c1-10(2)13-9-20-14(17-13)8-16-7-11-4-3-5-12(6-11)15(18)19/h3-6,9-10,16H,7-8H2,1-2H3,(H,18,19). The molecule has 2 rings (SSSR count). The van der Waals surface area contributed by atoms with Crippen molar-refractivity contribution in [1.82, 2.24) is 10.3 Å². The highest BCUT2D eigenvalue weighted by Crippen LogP contribution is 2.17. The van der Waals surface area contributed by atoms with Crippen LogP contribution in [0.5, 0.6) is 0 Å². The summed E-state index contributed by atoms with van der Waals surface area (Å²) in [6.07, 6.45) is 0. The Morgan fingerprint density at radius 3 is 2.85 bits per heavy atom. The molecule has 0 unspecified atom stereocenters. The average molecular weight is 290 g/mol. The van der Waals surface area contributed by atoms with Gasteiger partial charge in [0.05, 0.1) is 11.3 Å². The molecule has 0 atom stereocenters. The van der Waals surface area contributed by atoms with E-state index in [1.54, 1.807) is 29.5 Å². The smallest absolute Gasteiger partial charge is 0.335 e. The lowest BCUT2D eigenvalue weighted by Gasteiger charge is -2.04. The number of rotatable bonds is 6. The van der Waals surface area contributed by atoms with Gasteiger partial charge in [-0.05, 0) is 23.6 Å². The fourth-order valence-corrected chi connectivity index (χ4v) is 2.72. The van der Waals surface area contributed by atoms with Crippen molar-refractivity contribution in [3.8, 4) is 0 Å². The lowest BCUT2D eigenvalue weighted by atomic mass is 10.1. The van der Waals surface area contributed by atoms with Gasteiger partial charge in [0, 0.05) is 18.5 Å². The summed E-state index contributed by atoms with van der Waals surface area (Å²) in [6.45, 7) is 5.60. The predicted molar refractivity (Wildman–Crippen MR) is 80.1 cm³/mol. The number of aromatic carboxylic acids is 1. The van der Waals surface area contributed by atoms with Gasteiger partial charge in [0.2, 0.25) is 0 Å². The van der Waals surface area contributed by atoms with E-state index in [2.05, 4.69) is 29.5 Å². The number of carboxylic acids is 1. The van der Waals surface area contributed by atoms with Crippen LogP contribution in [-0.2, 0) is 13.1 Å². The van der Waals surface area contributed by atoms with Gasteiger partial charge in [0.15, 0.2) is 0 Å². The van der Waals surface area contributed by atoms with Gasteiger partial charge in [-0.3, -0.25) is 0 Å². The van der Waals surface area contributed by atoms with Crippen LogP contribution in [0.15, 0.2) is 29.6 Å². The quantitative estimate of drug-likeness (QED) is 0.857. The molecule has 1 heterocycles. The van der Waals surface area contributed by atoms with Crippen molar-refractivity contribution < 1.29 is 9.90 Å². The van der Waals surface area contributed by atoms with E-state index < -0.39 is 5.97 Å². The van der Waals surface area contributed by atoms with E-state index in [1.807, 2.05) is 6.07 Å². The van der Waals surface area contributed by atoms with E-state index in [1.165, 1.54) is 0 Å². The molecule has 0 fully saturated rings. The van der Waals surface area contributed by atoms with Gasteiger partial charge < -0.3 is 10.4 Å². The normalized spacial score (nSPS) is 10.9. The van der Waals surface area contributed by atoms with Crippen LogP contribution in [0.25, 0.3) is 0 Å². The topological polar surface area (TPSA) is 62.2 Å². The molecule has 0 saturated carbocycles. The Balaban J connectivity index is 1.89. The minimum absolute atomic E-state index is 0.320. The first-order valence-corrected chi connectivity index (χ1v) is 7.41. The van der Waals surface area contributed by atoms with Crippen molar-refractivity contribution in [3.05, 3.63) is 51.5 Å². The van der Waals surface area contributed by atoms with Gasteiger partial charge in [0.25, 0.3) is 0 Å². The second kappa shape index (κ2) is 6.63. The van der Waals surface area contributed by atoms with Crippen molar-refractivity contribution in [1.29, 1.82) is 0 Å². The summed E-state index contributed by atoms with van der Waals surface area (Å²) in [5, 5.41) is 15.4. The lowest BCUT2D eigenvalue weighted by Crippen LogP contribution is -2.13. The Hall–Kier alpha value is -1.72. The van der Waals surface area contributed by atoms with E-state index >= 15 is 0 Å². The molecule has 0 bridgehead atoms. The van der Waals surface area contributed by atoms with Crippen LogP contribution >= 0.6 is 11.3 Å². The molecule has 0 aliphatic carbocycles. The first-order valence-electron chi connectivity index (χ1n) is 6.53. The molecule has 20 heavy (non-hydrogen) atoms. The molecule has 5 heteroatoms. The largest absolute Gasteiger partial charge is 0.478 e. The number of carbonyl (C=O) groups is 1. The molecule has 1 aromatic carbocycles. The van der Waals surface area contributed by atoms with Gasteiger partial charge in [-0.1, -0.05) is 26.0 Å². The van der Waals surface area contributed by atoms with Crippen LogP contribution in [0.2, 0.25) is 0 Å². The number of benzene rings is 1. The number of hydrogen-bond acceptors (Lipinski definition) is 4. The molecule has 1 aromatic heterocycles. The number of carboxylic acid groups (broad SMARTS) is 1. The fourth-order valence-electron chi connectivity index (χ4n) is 1.80. The Labute approximate surface area is 122 Å². The van der Waals surface area contributed by atoms with Crippen molar-refractivity contribution in [2.24, 2.45) is 0 Å². The maximum Gasteiger partial charge on any atom is 0.335 e. The van der Waals surface area contributed by atoms with E-state index in [0.29, 0.717) is 24.6 Å². The summed E-state index contributed by atoms with van der Waals surface area (Å²) >= 11 is 1.65. The molecule has 0 spiro atoms. The molecular weight excluding hydrogens is 272 g/mol. The molecule has 0 aliphatic rings. The first-order chi connectivity index (χ1) is 9.56. The molecule has 0 saturated heterocycles. The minimum atomic E-state index is -0.895. The predicted octanol–water partition coefficient (Wildman–Crippen LogP) is 3.25. The van der Waals surface area contributed by atoms with Crippen molar-refractivity contribution in [2.75, 3.05) is 0 Å². The number of aromatic nitrogens is 1. The zero-order valence-corrected chi connectivity index (χ0v) is 12.4. The maximum absolute atomic E-state index is 10.9. The van der Waals surface area contributed by atoms with E-state index in [9.17, 15) is 4.79 Å². The summed E-state index contributed by atoms with van der Waals surface area (Å²) in [4.78, 5) is 15.4. The van der Waals surface area contributed by atoms with Crippen LogP contribution in [0, 0.1) is 0 Å². The monoisotopic (exact) mass is 290 g/mol. The fraction of sp³-hybridized carbons (Fsp3) is 0.333. The highest BCUT2D eigenvalue weighted by molar-refractivity contribution is 7.09. The molecule has 0 radical (unpaired) electrons. The molecular formula is C15H18N2O2S. The summed E-state index contributed by atoms with van der Waals surface area (Å²) in [7, 11) is 0. The van der Waals surface area contributed by atoms with Crippen molar-refractivity contribution >= 4 is 17.3 Å². The summed E-state index contributed by atoms with van der Waals surface area (Å²) < 4.78 is 0. The van der Waals surface area contributed by atoms with Crippen LogP contribution < -0.4 is 5.32 Å². The third-order valence-electron chi connectivity index (χ3n) is 2.94. The van der Waals surface area contributed by atoms with Crippen LogP contribution in [0.4, 0.5) is 0 Å². The van der Waals surface area contributed by atoms with Gasteiger partial charge >= 0.3 is 5.97 Å². The Kier molecular flexibility index (Phi) is 4.87. The summed E-state index contributed by atoms with van der Waals surface area (Å²) in [6, 6.07) is 6.97. The van der Waals surface area contributed by atoms with Crippen LogP contribution in [-0.4, -0.2) is 16.1 Å². The zero-order valence-electron chi connectivity index (χ0n) is 11.6. The van der Waals surface area contributed by atoms with Gasteiger partial charge in [-0.2, -0.15) is 0 Å². The van der Waals surface area contributed by atoms with Crippen LogP contribution in [0.1, 0.15) is 46.4 Å². The first kappa shape index (κ1) is 14.7. The third-order valence-corrected chi connectivity index (χ3v) is 3.81. The molecule has 2 N–H and O–H groups in total. The van der Waals surface area contributed by atoms with E-state index in [-0.39, 0.29) is 0 Å². The molecule has 106 valence electrons. The van der Waals surface area contributed by atoms with Crippen LogP contribution in [0.3, 0.4) is 0 Å². The third kappa shape index (κ3) is 3.88. The number of nitrogens with one attached hydrogen (secondary N) is 1. The second-order valence-electron chi connectivity index (χ2n) is 4.93. The highest BCUT2D eigenvalue weighted by atomic mass is 32.1. The van der Waals surface area contributed by atoms with E-state index in [4.69, 9.17) is 5.11 Å². The Bertz CT molecular complexity index is 593. The van der Waals surface area contributed by atoms with Gasteiger partial charge in [0.1, 0.15) is 5.01 Å². The number of thiazole rings is 1. The minimum Gasteiger partial charge on any atom is -0.478 e. The summed E-state index contributed by atoms with van der Waals surface area (Å²) in [5.41, 5.74) is 2.41. The Morgan fingerprint density at radius 2 is 2.20 bits per heavy atom. The lowest BCUT2D eigenvalue weighted by molar-refractivity contribution is 0.0696. The molecule has 4 nitrogen and oxygen atoms in total. The van der Waals surface area contributed by atoms with E-state index in [0.717, 1.165) is 16.3 Å². The molecule has 0 aliphatic heterocycles. The maximum atomic E-state index is 10.9. The van der Waals surface area contributed by atoms with Gasteiger partial charge in [-0.25, -0.2) is 9.78 Å². The second-order valence-corrected chi connectivity index (χ2v) is 5.87. The number of hydrogen-bond donors (Lipinski definition) is 2. The van der Waals surface area contributed by atoms with Gasteiger partial charge in [-0.15, -0.1) is 11.3 Å². The highest BCUT2D eigenvalue weighted by Gasteiger charge is 2.06. The zero-order chi connectivity index (χ0) is 14.5. The number of nitrogens with zero attached hydrogens (tertiary/aromatic N) is 1. The summed E-state index contributed by atoms with van der Waals surface area (Å²) in [5.74, 6) is -0.444. The SMILES string of the molecule is CC(C)c1csc(CNCc2cccc(C(=O)O)c2)n1.